The average Bonchev–Trinajstić information content (AvgIpc) is 3.94. The summed E-state index contributed by atoms with van der Waals surface area (Å²) in [7, 11) is 0. The van der Waals surface area contributed by atoms with E-state index in [2.05, 4.69) is 198 Å². The molecular formula is C50H32N2OS. The van der Waals surface area contributed by atoms with Crippen molar-refractivity contribution in [3.8, 4) is 27.3 Å². The number of hydrogen-bond donors (Lipinski definition) is 0. The summed E-state index contributed by atoms with van der Waals surface area (Å²) in [4.78, 5) is 3.62. The first-order valence-corrected chi connectivity index (χ1v) is 19.1. The molecule has 0 fully saturated rings. The van der Waals surface area contributed by atoms with Gasteiger partial charge in [-0.15, -0.1) is 11.3 Å². The number of furan rings is 1. The number of thiophene rings is 1. The fourth-order valence-corrected chi connectivity index (χ4v) is 9.11. The molecule has 3 nitrogen and oxygen atoms in total. The third-order valence-corrected chi connectivity index (χ3v) is 11.8. The van der Waals surface area contributed by atoms with Crippen LogP contribution in [-0.4, -0.2) is 4.57 Å². The van der Waals surface area contributed by atoms with Crippen LogP contribution in [0.15, 0.2) is 199 Å². The number of hydrogen-bond acceptors (Lipinski definition) is 3. The van der Waals surface area contributed by atoms with E-state index in [1.807, 2.05) is 17.4 Å². The zero-order valence-electron chi connectivity index (χ0n) is 29.2. The van der Waals surface area contributed by atoms with E-state index >= 15 is 0 Å². The van der Waals surface area contributed by atoms with Crippen LogP contribution in [0.3, 0.4) is 0 Å². The predicted molar refractivity (Wildman–Crippen MR) is 229 cm³/mol. The van der Waals surface area contributed by atoms with E-state index in [9.17, 15) is 0 Å². The first kappa shape index (κ1) is 30.7. The van der Waals surface area contributed by atoms with Crippen LogP contribution < -0.4 is 4.90 Å². The third kappa shape index (κ3) is 4.96. The molecule has 0 aliphatic carbocycles. The Morgan fingerprint density at radius 3 is 1.81 bits per heavy atom. The van der Waals surface area contributed by atoms with Crippen molar-refractivity contribution < 1.29 is 4.42 Å². The van der Waals surface area contributed by atoms with E-state index in [1.165, 1.54) is 37.0 Å². The van der Waals surface area contributed by atoms with Gasteiger partial charge in [-0.05, 0) is 107 Å². The highest BCUT2D eigenvalue weighted by Crippen LogP contribution is 2.42. The summed E-state index contributed by atoms with van der Waals surface area (Å²) in [5.74, 6) is 0. The van der Waals surface area contributed by atoms with Crippen LogP contribution in [0.2, 0.25) is 0 Å². The predicted octanol–water partition coefficient (Wildman–Crippen LogP) is 14.7. The monoisotopic (exact) mass is 708 g/mol. The number of rotatable bonds is 6. The number of benzene rings is 8. The highest BCUT2D eigenvalue weighted by atomic mass is 32.1. The van der Waals surface area contributed by atoms with Crippen molar-refractivity contribution in [3.05, 3.63) is 194 Å². The number of nitrogens with zero attached hydrogens (tertiary/aromatic N) is 2. The zero-order valence-corrected chi connectivity index (χ0v) is 30.0. The normalized spacial score (nSPS) is 11.7. The molecule has 0 radical (unpaired) electrons. The van der Waals surface area contributed by atoms with Crippen molar-refractivity contribution in [1.82, 2.24) is 4.57 Å². The fraction of sp³-hybridized carbons (Fsp3) is 0. The summed E-state index contributed by atoms with van der Waals surface area (Å²) < 4.78 is 10.2. The molecule has 3 heterocycles. The Morgan fingerprint density at radius 2 is 1.06 bits per heavy atom. The molecule has 254 valence electrons. The minimum Gasteiger partial charge on any atom is -0.455 e. The third-order valence-electron chi connectivity index (χ3n) is 10.6. The summed E-state index contributed by atoms with van der Waals surface area (Å²) in [5, 5.41) is 5.89. The van der Waals surface area contributed by atoms with E-state index in [1.54, 1.807) is 0 Å². The van der Waals surface area contributed by atoms with Gasteiger partial charge in [-0.3, -0.25) is 0 Å². The molecule has 3 aromatic heterocycles. The second-order valence-corrected chi connectivity index (χ2v) is 14.8. The molecule has 8 aromatic carbocycles. The number of fused-ring (bicyclic) bond motifs is 8. The van der Waals surface area contributed by atoms with Gasteiger partial charge in [0.25, 0.3) is 0 Å². The van der Waals surface area contributed by atoms with Gasteiger partial charge in [0.05, 0.1) is 16.4 Å². The Balaban J connectivity index is 1.03. The standard InChI is InChI=1S/C50H32N2OS/c1-2-10-33(11-3-1)34-18-22-37(23-19-34)51(38-24-20-35(21-25-38)48-32-36-12-4-9-17-47(36)54-48)39-26-28-40(29-27-39)52-44-15-7-5-14-43(44)49-45(52)31-30-42-41-13-6-8-16-46(41)53-50(42)49/h1-32H. The highest BCUT2D eigenvalue weighted by molar-refractivity contribution is 7.22. The molecule has 0 aliphatic heterocycles. The Hall–Kier alpha value is -6.88. The summed E-state index contributed by atoms with van der Waals surface area (Å²) in [6, 6.07) is 69.6. The van der Waals surface area contributed by atoms with Crippen LogP contribution in [0.25, 0.3) is 81.1 Å². The SMILES string of the molecule is c1ccc(-c2ccc(N(c3ccc(-c4cc5ccccc5s4)cc3)c3ccc(-n4c5ccccc5c5c6oc7ccccc7c6ccc54)cc3)cc2)cc1. The molecule has 54 heavy (non-hydrogen) atoms. The van der Waals surface area contributed by atoms with Crippen LogP contribution in [0.4, 0.5) is 17.1 Å². The smallest absolute Gasteiger partial charge is 0.145 e. The number of aromatic nitrogens is 1. The van der Waals surface area contributed by atoms with Crippen LogP contribution in [0, 0.1) is 0 Å². The lowest BCUT2D eigenvalue weighted by molar-refractivity contribution is 0.673. The van der Waals surface area contributed by atoms with Gasteiger partial charge in [0.1, 0.15) is 11.2 Å². The largest absolute Gasteiger partial charge is 0.455 e. The van der Waals surface area contributed by atoms with Crippen molar-refractivity contribution in [2.45, 2.75) is 0 Å². The van der Waals surface area contributed by atoms with Crippen molar-refractivity contribution in [2.24, 2.45) is 0 Å². The molecule has 11 rings (SSSR count). The average molecular weight is 709 g/mol. The minimum absolute atomic E-state index is 0.912. The summed E-state index contributed by atoms with van der Waals surface area (Å²) >= 11 is 1.84. The van der Waals surface area contributed by atoms with E-state index < -0.39 is 0 Å². The van der Waals surface area contributed by atoms with Crippen molar-refractivity contribution in [1.29, 1.82) is 0 Å². The fourth-order valence-electron chi connectivity index (χ4n) is 8.04. The molecule has 0 bridgehead atoms. The minimum atomic E-state index is 0.912. The van der Waals surface area contributed by atoms with Crippen LogP contribution in [0.1, 0.15) is 0 Å². The van der Waals surface area contributed by atoms with Gasteiger partial charge in [-0.2, -0.15) is 0 Å². The van der Waals surface area contributed by atoms with Crippen molar-refractivity contribution >= 4 is 82.2 Å². The van der Waals surface area contributed by atoms with Gasteiger partial charge in [0, 0.05) is 48.5 Å². The molecule has 0 amide bonds. The molecule has 0 atom stereocenters. The van der Waals surface area contributed by atoms with Crippen LogP contribution >= 0.6 is 11.3 Å². The Labute approximate surface area is 316 Å². The van der Waals surface area contributed by atoms with Crippen molar-refractivity contribution in [2.75, 3.05) is 4.90 Å². The van der Waals surface area contributed by atoms with E-state index in [0.29, 0.717) is 0 Å². The molecule has 0 saturated carbocycles. The number of para-hydroxylation sites is 2. The van der Waals surface area contributed by atoms with Crippen LogP contribution in [-0.2, 0) is 0 Å². The first-order valence-electron chi connectivity index (χ1n) is 18.3. The lowest BCUT2D eigenvalue weighted by atomic mass is 10.0. The maximum Gasteiger partial charge on any atom is 0.145 e. The molecule has 0 unspecified atom stereocenters. The molecule has 4 heteroatoms. The molecular weight excluding hydrogens is 677 g/mol. The second-order valence-electron chi connectivity index (χ2n) is 13.7. The lowest BCUT2D eigenvalue weighted by Gasteiger charge is -2.26. The first-order chi connectivity index (χ1) is 26.8. The van der Waals surface area contributed by atoms with Crippen LogP contribution in [0.5, 0.6) is 0 Å². The maximum absolute atomic E-state index is 6.54. The lowest BCUT2D eigenvalue weighted by Crippen LogP contribution is -2.10. The molecule has 11 aromatic rings. The summed E-state index contributed by atoms with van der Waals surface area (Å²) in [6.07, 6.45) is 0. The topological polar surface area (TPSA) is 21.3 Å². The van der Waals surface area contributed by atoms with E-state index in [4.69, 9.17) is 4.42 Å². The number of anilines is 3. The Kier molecular flexibility index (Phi) is 7.04. The highest BCUT2D eigenvalue weighted by Gasteiger charge is 2.19. The van der Waals surface area contributed by atoms with E-state index in [0.717, 1.165) is 61.1 Å². The van der Waals surface area contributed by atoms with E-state index in [-0.39, 0.29) is 0 Å². The zero-order chi connectivity index (χ0) is 35.6. The Morgan fingerprint density at radius 1 is 0.444 bits per heavy atom. The summed E-state index contributed by atoms with van der Waals surface area (Å²) in [5.41, 5.74) is 12.1. The van der Waals surface area contributed by atoms with Gasteiger partial charge in [0.2, 0.25) is 0 Å². The van der Waals surface area contributed by atoms with Crippen molar-refractivity contribution in [3.63, 3.8) is 0 Å². The molecule has 0 N–H and O–H groups in total. The Bertz CT molecular complexity index is 3100. The molecule has 0 saturated heterocycles. The second kappa shape index (κ2) is 12.4. The quantitative estimate of drug-likeness (QED) is 0.171. The van der Waals surface area contributed by atoms with Gasteiger partial charge < -0.3 is 13.9 Å². The van der Waals surface area contributed by atoms with Gasteiger partial charge in [0.15, 0.2) is 0 Å². The van der Waals surface area contributed by atoms with Gasteiger partial charge in [-0.25, -0.2) is 0 Å². The maximum atomic E-state index is 6.54. The van der Waals surface area contributed by atoms with Gasteiger partial charge >= 0.3 is 0 Å². The summed E-state index contributed by atoms with van der Waals surface area (Å²) in [6.45, 7) is 0. The molecule has 0 spiro atoms. The van der Waals surface area contributed by atoms with Gasteiger partial charge in [-0.1, -0.05) is 109 Å². The molecule has 0 aliphatic rings.